The van der Waals surface area contributed by atoms with E-state index in [9.17, 15) is 4.79 Å². The Hall–Kier alpha value is -3.07. The Morgan fingerprint density at radius 2 is 1.58 bits per heavy atom. The molecule has 0 aliphatic rings. The summed E-state index contributed by atoms with van der Waals surface area (Å²) in [6, 6.07) is 25.1. The standard InChI is InChI=1S/C23H22N2O/c1-16(2)23(26)24-18-12-13-22-20(14-18)19-10-6-7-11-21(19)25(22)15-17-8-4-3-5-9-17/h3-14,16H,15H2,1-2H3,(H,24,26). The molecule has 3 aromatic carbocycles. The maximum absolute atomic E-state index is 12.0. The summed E-state index contributed by atoms with van der Waals surface area (Å²) in [5.74, 6) is 0.00231. The number of hydrogen-bond acceptors (Lipinski definition) is 1. The van der Waals surface area contributed by atoms with Crippen molar-refractivity contribution in [2.45, 2.75) is 20.4 Å². The lowest BCUT2D eigenvalue weighted by Gasteiger charge is -2.09. The van der Waals surface area contributed by atoms with E-state index in [1.807, 2.05) is 26.0 Å². The summed E-state index contributed by atoms with van der Waals surface area (Å²) < 4.78 is 2.34. The third kappa shape index (κ3) is 2.97. The lowest BCUT2D eigenvalue weighted by molar-refractivity contribution is -0.118. The molecule has 26 heavy (non-hydrogen) atoms. The molecule has 3 nitrogen and oxygen atoms in total. The first kappa shape index (κ1) is 16.4. The van der Waals surface area contributed by atoms with Gasteiger partial charge >= 0.3 is 0 Å². The van der Waals surface area contributed by atoms with Gasteiger partial charge in [0.05, 0.1) is 0 Å². The van der Waals surface area contributed by atoms with Gasteiger partial charge in [-0.05, 0) is 29.8 Å². The number of hydrogen-bond donors (Lipinski definition) is 1. The maximum Gasteiger partial charge on any atom is 0.226 e. The quantitative estimate of drug-likeness (QED) is 0.526. The monoisotopic (exact) mass is 342 g/mol. The zero-order chi connectivity index (χ0) is 18.1. The number of benzene rings is 3. The molecule has 0 saturated heterocycles. The molecule has 130 valence electrons. The second kappa shape index (κ2) is 6.68. The molecule has 0 atom stereocenters. The van der Waals surface area contributed by atoms with E-state index in [0.717, 1.165) is 17.6 Å². The van der Waals surface area contributed by atoms with Crippen molar-refractivity contribution in [1.82, 2.24) is 4.57 Å². The van der Waals surface area contributed by atoms with Crippen LogP contribution in [0, 0.1) is 5.92 Å². The van der Waals surface area contributed by atoms with Crippen LogP contribution in [-0.4, -0.2) is 10.5 Å². The number of anilines is 1. The number of carbonyl (C=O) groups excluding carboxylic acids is 1. The van der Waals surface area contributed by atoms with Gasteiger partial charge in [0.1, 0.15) is 0 Å². The van der Waals surface area contributed by atoms with Gasteiger partial charge in [0.15, 0.2) is 0 Å². The van der Waals surface area contributed by atoms with Crippen molar-refractivity contribution in [3.63, 3.8) is 0 Å². The van der Waals surface area contributed by atoms with Gasteiger partial charge in [-0.15, -0.1) is 0 Å². The zero-order valence-corrected chi connectivity index (χ0v) is 15.1. The molecule has 0 aliphatic heterocycles. The fourth-order valence-corrected chi connectivity index (χ4v) is 3.35. The molecule has 0 spiro atoms. The molecule has 1 aromatic heterocycles. The Morgan fingerprint density at radius 3 is 2.35 bits per heavy atom. The third-order valence-electron chi connectivity index (χ3n) is 4.75. The predicted octanol–water partition coefficient (Wildman–Crippen LogP) is 5.44. The predicted molar refractivity (Wildman–Crippen MR) is 108 cm³/mol. The van der Waals surface area contributed by atoms with Crippen molar-refractivity contribution in [2.75, 3.05) is 5.32 Å². The van der Waals surface area contributed by atoms with Crippen molar-refractivity contribution in [1.29, 1.82) is 0 Å². The van der Waals surface area contributed by atoms with Gasteiger partial charge in [0.2, 0.25) is 5.91 Å². The minimum Gasteiger partial charge on any atom is -0.336 e. The van der Waals surface area contributed by atoms with E-state index < -0.39 is 0 Å². The summed E-state index contributed by atoms with van der Waals surface area (Å²) in [4.78, 5) is 12.0. The average Bonchev–Trinajstić information content (AvgIpc) is 2.96. The van der Waals surface area contributed by atoms with E-state index in [2.05, 4.69) is 70.5 Å². The van der Waals surface area contributed by atoms with E-state index in [4.69, 9.17) is 0 Å². The number of para-hydroxylation sites is 1. The molecule has 1 heterocycles. The summed E-state index contributed by atoms with van der Waals surface area (Å²) in [6.07, 6.45) is 0. The fraction of sp³-hybridized carbons (Fsp3) is 0.174. The highest BCUT2D eigenvalue weighted by Crippen LogP contribution is 2.31. The second-order valence-electron chi connectivity index (χ2n) is 6.96. The third-order valence-corrected chi connectivity index (χ3v) is 4.75. The highest BCUT2D eigenvalue weighted by atomic mass is 16.1. The van der Waals surface area contributed by atoms with E-state index >= 15 is 0 Å². The van der Waals surface area contributed by atoms with E-state index in [1.165, 1.54) is 22.0 Å². The van der Waals surface area contributed by atoms with Crippen LogP contribution in [0.15, 0.2) is 72.8 Å². The fourth-order valence-electron chi connectivity index (χ4n) is 3.35. The van der Waals surface area contributed by atoms with Crippen LogP contribution in [-0.2, 0) is 11.3 Å². The van der Waals surface area contributed by atoms with Crippen LogP contribution >= 0.6 is 0 Å². The van der Waals surface area contributed by atoms with Crippen molar-refractivity contribution in [2.24, 2.45) is 5.92 Å². The van der Waals surface area contributed by atoms with Crippen molar-refractivity contribution in [3.05, 3.63) is 78.4 Å². The molecular weight excluding hydrogens is 320 g/mol. The summed E-state index contributed by atoms with van der Waals surface area (Å²) >= 11 is 0. The Morgan fingerprint density at radius 1 is 0.885 bits per heavy atom. The highest BCUT2D eigenvalue weighted by molar-refractivity contribution is 6.09. The Kier molecular flexibility index (Phi) is 4.21. The Balaban J connectivity index is 1.84. The summed E-state index contributed by atoms with van der Waals surface area (Å²) in [5.41, 5.74) is 4.50. The Labute approximate surface area is 153 Å². The van der Waals surface area contributed by atoms with Crippen molar-refractivity contribution < 1.29 is 4.79 Å². The van der Waals surface area contributed by atoms with Gasteiger partial charge in [-0.3, -0.25) is 4.79 Å². The Bertz CT molecular complexity index is 1080. The molecule has 0 aliphatic carbocycles. The minimum atomic E-state index is -0.0369. The normalized spacial score (nSPS) is 11.3. The SMILES string of the molecule is CC(C)C(=O)Nc1ccc2c(c1)c1ccccc1n2Cc1ccccc1. The van der Waals surface area contributed by atoms with E-state index in [-0.39, 0.29) is 11.8 Å². The van der Waals surface area contributed by atoms with Crippen LogP contribution < -0.4 is 5.32 Å². The molecule has 0 bridgehead atoms. The molecule has 0 radical (unpaired) electrons. The molecule has 4 aromatic rings. The van der Waals surface area contributed by atoms with Gasteiger partial charge < -0.3 is 9.88 Å². The first-order chi connectivity index (χ1) is 12.6. The topological polar surface area (TPSA) is 34.0 Å². The number of nitrogens with zero attached hydrogens (tertiary/aromatic N) is 1. The summed E-state index contributed by atoms with van der Waals surface area (Å²) in [7, 11) is 0. The molecule has 0 unspecified atom stereocenters. The zero-order valence-electron chi connectivity index (χ0n) is 15.1. The van der Waals surface area contributed by atoms with Crippen LogP contribution in [0.25, 0.3) is 21.8 Å². The molecule has 0 fully saturated rings. The molecule has 0 saturated carbocycles. The molecule has 3 heteroatoms. The molecule has 1 N–H and O–H groups in total. The number of rotatable bonds is 4. The minimum absolute atomic E-state index is 0.0369. The maximum atomic E-state index is 12.0. The lowest BCUT2D eigenvalue weighted by atomic mass is 10.1. The largest absolute Gasteiger partial charge is 0.336 e. The molecule has 4 rings (SSSR count). The number of aromatic nitrogens is 1. The average molecular weight is 342 g/mol. The number of fused-ring (bicyclic) bond motifs is 3. The highest BCUT2D eigenvalue weighted by Gasteiger charge is 2.13. The van der Waals surface area contributed by atoms with E-state index in [0.29, 0.717) is 0 Å². The van der Waals surface area contributed by atoms with Crippen LogP contribution in [0.2, 0.25) is 0 Å². The summed E-state index contributed by atoms with van der Waals surface area (Å²) in [6.45, 7) is 4.63. The number of nitrogens with one attached hydrogen (secondary N) is 1. The van der Waals surface area contributed by atoms with Gasteiger partial charge in [0.25, 0.3) is 0 Å². The van der Waals surface area contributed by atoms with E-state index in [1.54, 1.807) is 0 Å². The van der Waals surface area contributed by atoms with Crippen LogP contribution in [0.3, 0.4) is 0 Å². The number of amides is 1. The number of carbonyl (C=O) groups is 1. The van der Waals surface area contributed by atoms with Crippen LogP contribution in [0.5, 0.6) is 0 Å². The first-order valence-electron chi connectivity index (χ1n) is 8.99. The molecular formula is C23H22N2O. The van der Waals surface area contributed by atoms with Gasteiger partial charge in [-0.1, -0.05) is 62.4 Å². The van der Waals surface area contributed by atoms with Gasteiger partial charge in [-0.25, -0.2) is 0 Å². The van der Waals surface area contributed by atoms with Gasteiger partial charge in [-0.2, -0.15) is 0 Å². The lowest BCUT2D eigenvalue weighted by Crippen LogP contribution is -2.17. The summed E-state index contributed by atoms with van der Waals surface area (Å²) in [5, 5.41) is 5.38. The first-order valence-corrected chi connectivity index (χ1v) is 8.99. The smallest absolute Gasteiger partial charge is 0.226 e. The van der Waals surface area contributed by atoms with Crippen LogP contribution in [0.1, 0.15) is 19.4 Å². The molecule has 1 amide bonds. The van der Waals surface area contributed by atoms with Gasteiger partial charge in [0, 0.05) is 40.0 Å². The van der Waals surface area contributed by atoms with Crippen LogP contribution in [0.4, 0.5) is 5.69 Å². The second-order valence-corrected chi connectivity index (χ2v) is 6.96. The van der Waals surface area contributed by atoms with Crippen molar-refractivity contribution >= 4 is 33.4 Å². The van der Waals surface area contributed by atoms with Crippen molar-refractivity contribution in [3.8, 4) is 0 Å².